The molecule has 0 saturated carbocycles. The topological polar surface area (TPSA) is 41.1 Å². The molecule has 1 fully saturated rings. The smallest absolute Gasteiger partial charge is 0.224 e. The van der Waals surface area contributed by atoms with Crippen LogP contribution in [0.4, 0.5) is 4.39 Å². The normalized spacial score (nSPS) is 23.1. The van der Waals surface area contributed by atoms with E-state index in [0.717, 1.165) is 6.42 Å². The predicted molar refractivity (Wildman–Crippen MR) is 73.4 cm³/mol. The highest BCUT2D eigenvalue weighted by Gasteiger charge is 2.18. The second kappa shape index (κ2) is 6.66. The zero-order chi connectivity index (χ0) is 13.7. The lowest BCUT2D eigenvalue weighted by molar-refractivity contribution is -0.120. The standard InChI is InChI=1S/C15H21FN2O/c1-11-5-4-7-13(18-11)10-17-15(19)9-12-6-2-3-8-14(12)16/h2-3,6,8,11,13,18H,4-5,7,9-10H2,1H3,(H,17,19). The minimum Gasteiger partial charge on any atom is -0.354 e. The first kappa shape index (κ1) is 14.0. The average Bonchev–Trinajstić information content (AvgIpc) is 2.39. The van der Waals surface area contributed by atoms with Gasteiger partial charge in [-0.05, 0) is 31.4 Å². The van der Waals surface area contributed by atoms with Crippen molar-refractivity contribution in [1.29, 1.82) is 0 Å². The number of halogens is 1. The number of hydrogen-bond donors (Lipinski definition) is 2. The highest BCUT2D eigenvalue weighted by atomic mass is 19.1. The molecule has 2 rings (SSSR count). The first-order valence-corrected chi connectivity index (χ1v) is 6.91. The zero-order valence-electron chi connectivity index (χ0n) is 11.3. The van der Waals surface area contributed by atoms with Crippen molar-refractivity contribution in [2.45, 2.75) is 44.7 Å². The van der Waals surface area contributed by atoms with E-state index in [9.17, 15) is 9.18 Å². The Hall–Kier alpha value is -1.42. The van der Waals surface area contributed by atoms with Gasteiger partial charge in [0.15, 0.2) is 0 Å². The van der Waals surface area contributed by atoms with Crippen molar-refractivity contribution in [3.8, 4) is 0 Å². The molecule has 104 valence electrons. The van der Waals surface area contributed by atoms with Gasteiger partial charge in [0.25, 0.3) is 0 Å². The van der Waals surface area contributed by atoms with Gasteiger partial charge in [-0.1, -0.05) is 24.6 Å². The lowest BCUT2D eigenvalue weighted by Crippen LogP contribution is -2.47. The lowest BCUT2D eigenvalue weighted by Gasteiger charge is -2.28. The van der Waals surface area contributed by atoms with Crippen LogP contribution in [-0.2, 0) is 11.2 Å². The van der Waals surface area contributed by atoms with Crippen LogP contribution >= 0.6 is 0 Å². The van der Waals surface area contributed by atoms with Crippen molar-refractivity contribution in [3.63, 3.8) is 0 Å². The summed E-state index contributed by atoms with van der Waals surface area (Å²) in [5.74, 6) is -0.438. The Morgan fingerprint density at radius 2 is 2.21 bits per heavy atom. The van der Waals surface area contributed by atoms with Gasteiger partial charge in [-0.3, -0.25) is 4.79 Å². The van der Waals surface area contributed by atoms with Gasteiger partial charge < -0.3 is 10.6 Å². The predicted octanol–water partition coefficient (Wildman–Crippen LogP) is 2.02. The lowest BCUT2D eigenvalue weighted by atomic mass is 9.99. The first-order chi connectivity index (χ1) is 9.15. The second-order valence-corrected chi connectivity index (χ2v) is 5.27. The number of rotatable bonds is 4. The molecule has 2 N–H and O–H groups in total. The summed E-state index contributed by atoms with van der Waals surface area (Å²) in [6.45, 7) is 2.78. The molecule has 3 nitrogen and oxygen atoms in total. The molecule has 0 radical (unpaired) electrons. The third-order valence-corrected chi connectivity index (χ3v) is 3.56. The van der Waals surface area contributed by atoms with E-state index in [1.54, 1.807) is 18.2 Å². The van der Waals surface area contributed by atoms with E-state index >= 15 is 0 Å². The van der Waals surface area contributed by atoms with E-state index in [2.05, 4.69) is 17.6 Å². The molecule has 0 bridgehead atoms. The zero-order valence-corrected chi connectivity index (χ0v) is 11.3. The minimum atomic E-state index is -0.318. The maximum absolute atomic E-state index is 13.4. The van der Waals surface area contributed by atoms with Gasteiger partial charge in [0, 0.05) is 18.6 Å². The summed E-state index contributed by atoms with van der Waals surface area (Å²) < 4.78 is 13.4. The third-order valence-electron chi connectivity index (χ3n) is 3.56. The van der Waals surface area contributed by atoms with E-state index in [0.29, 0.717) is 24.2 Å². The number of amides is 1. The molecule has 0 spiro atoms. The van der Waals surface area contributed by atoms with Gasteiger partial charge >= 0.3 is 0 Å². The second-order valence-electron chi connectivity index (χ2n) is 5.27. The van der Waals surface area contributed by atoms with E-state index in [4.69, 9.17) is 0 Å². The van der Waals surface area contributed by atoms with E-state index in [-0.39, 0.29) is 18.1 Å². The Kier molecular flexibility index (Phi) is 4.91. The summed E-state index contributed by atoms with van der Waals surface area (Å²) in [5.41, 5.74) is 0.449. The Morgan fingerprint density at radius 1 is 1.42 bits per heavy atom. The van der Waals surface area contributed by atoms with Gasteiger partial charge in [-0.15, -0.1) is 0 Å². The fourth-order valence-electron chi connectivity index (χ4n) is 2.51. The van der Waals surface area contributed by atoms with Gasteiger partial charge in [-0.25, -0.2) is 4.39 Å². The fraction of sp³-hybridized carbons (Fsp3) is 0.533. The van der Waals surface area contributed by atoms with Crippen molar-refractivity contribution in [2.75, 3.05) is 6.54 Å². The Labute approximate surface area is 113 Å². The number of piperidine rings is 1. The molecule has 1 saturated heterocycles. The molecule has 1 aliphatic rings. The van der Waals surface area contributed by atoms with E-state index < -0.39 is 0 Å². The van der Waals surface area contributed by atoms with Crippen LogP contribution in [0.2, 0.25) is 0 Å². The van der Waals surface area contributed by atoms with Gasteiger partial charge in [0.2, 0.25) is 5.91 Å². The SMILES string of the molecule is CC1CCCC(CNC(=O)Cc2ccccc2F)N1. The summed E-state index contributed by atoms with van der Waals surface area (Å²) in [6.07, 6.45) is 3.58. The van der Waals surface area contributed by atoms with Crippen molar-refractivity contribution < 1.29 is 9.18 Å². The maximum Gasteiger partial charge on any atom is 0.224 e. The van der Waals surface area contributed by atoms with Crippen molar-refractivity contribution >= 4 is 5.91 Å². The molecular weight excluding hydrogens is 243 g/mol. The number of carbonyl (C=O) groups is 1. The average molecular weight is 264 g/mol. The number of carbonyl (C=O) groups excluding carboxylic acids is 1. The van der Waals surface area contributed by atoms with Crippen LogP contribution in [0.1, 0.15) is 31.7 Å². The summed E-state index contributed by atoms with van der Waals surface area (Å²) in [6, 6.07) is 7.26. The molecule has 1 aromatic rings. The van der Waals surface area contributed by atoms with Crippen molar-refractivity contribution in [2.24, 2.45) is 0 Å². The number of benzene rings is 1. The molecule has 1 aliphatic heterocycles. The Balaban J connectivity index is 1.77. The van der Waals surface area contributed by atoms with Crippen LogP contribution < -0.4 is 10.6 Å². The first-order valence-electron chi connectivity index (χ1n) is 6.91. The molecule has 1 amide bonds. The molecule has 2 atom stereocenters. The summed E-state index contributed by atoms with van der Waals surface area (Å²) in [5, 5.41) is 6.34. The fourth-order valence-corrected chi connectivity index (χ4v) is 2.51. The minimum absolute atomic E-state index is 0.106. The van der Waals surface area contributed by atoms with Crippen LogP contribution in [0.25, 0.3) is 0 Å². The van der Waals surface area contributed by atoms with Gasteiger partial charge in [0.05, 0.1) is 6.42 Å². The Bertz CT molecular complexity index is 436. The quantitative estimate of drug-likeness (QED) is 0.873. The summed E-state index contributed by atoms with van der Waals surface area (Å²) in [7, 11) is 0. The largest absolute Gasteiger partial charge is 0.354 e. The molecule has 19 heavy (non-hydrogen) atoms. The summed E-state index contributed by atoms with van der Waals surface area (Å²) >= 11 is 0. The number of nitrogens with one attached hydrogen (secondary N) is 2. The summed E-state index contributed by atoms with van der Waals surface area (Å²) in [4.78, 5) is 11.8. The molecule has 4 heteroatoms. The molecule has 1 heterocycles. The highest BCUT2D eigenvalue weighted by molar-refractivity contribution is 5.78. The van der Waals surface area contributed by atoms with Crippen LogP contribution in [0, 0.1) is 5.82 Å². The number of hydrogen-bond acceptors (Lipinski definition) is 2. The van der Waals surface area contributed by atoms with Gasteiger partial charge in [0.1, 0.15) is 5.82 Å². The van der Waals surface area contributed by atoms with E-state index in [1.165, 1.54) is 18.9 Å². The molecule has 2 unspecified atom stereocenters. The van der Waals surface area contributed by atoms with Crippen LogP contribution in [-0.4, -0.2) is 24.5 Å². The van der Waals surface area contributed by atoms with Crippen molar-refractivity contribution in [3.05, 3.63) is 35.6 Å². The molecule has 0 aromatic heterocycles. The Morgan fingerprint density at radius 3 is 2.95 bits per heavy atom. The molecular formula is C15H21FN2O. The van der Waals surface area contributed by atoms with Crippen LogP contribution in [0.15, 0.2) is 24.3 Å². The van der Waals surface area contributed by atoms with Crippen LogP contribution in [0.3, 0.4) is 0 Å². The van der Waals surface area contributed by atoms with E-state index in [1.807, 2.05) is 0 Å². The molecule has 0 aliphatic carbocycles. The molecule has 1 aromatic carbocycles. The van der Waals surface area contributed by atoms with Crippen LogP contribution in [0.5, 0.6) is 0 Å². The highest BCUT2D eigenvalue weighted by Crippen LogP contribution is 2.11. The third kappa shape index (κ3) is 4.31. The maximum atomic E-state index is 13.4. The van der Waals surface area contributed by atoms with Gasteiger partial charge in [-0.2, -0.15) is 0 Å². The van der Waals surface area contributed by atoms with Crippen molar-refractivity contribution in [1.82, 2.24) is 10.6 Å². The monoisotopic (exact) mass is 264 g/mol.